The number of benzene rings is 3. The van der Waals surface area contributed by atoms with Crippen molar-refractivity contribution in [3.8, 4) is 0 Å². The molecule has 0 aliphatic carbocycles. The minimum Gasteiger partial charge on any atom is -0.348 e. The lowest BCUT2D eigenvalue weighted by molar-refractivity contribution is 0.0949. The first-order chi connectivity index (χ1) is 14.0. The summed E-state index contributed by atoms with van der Waals surface area (Å²) in [5.74, 6) is -1.36. The number of nitrogens with one attached hydrogen (secondary N) is 1. The number of nitrogens with zero attached hydrogens (tertiary/aromatic N) is 1. The molecule has 3 aromatic rings. The highest BCUT2D eigenvalue weighted by Crippen LogP contribution is 2.30. The number of anilines is 1. The molecule has 6 heteroatoms. The third kappa shape index (κ3) is 4.01. The van der Waals surface area contributed by atoms with Gasteiger partial charge in [-0.2, -0.15) is 0 Å². The van der Waals surface area contributed by atoms with Gasteiger partial charge in [-0.05, 0) is 66.1 Å². The highest BCUT2D eigenvalue weighted by atomic mass is 19.1. The third-order valence-corrected chi connectivity index (χ3v) is 4.92. The Labute approximate surface area is 166 Å². The predicted octanol–water partition coefficient (Wildman–Crippen LogP) is 4.10. The molecule has 0 bridgehead atoms. The normalized spacial score (nSPS) is 12.6. The van der Waals surface area contributed by atoms with Gasteiger partial charge < -0.3 is 10.2 Å². The van der Waals surface area contributed by atoms with Crippen molar-refractivity contribution in [3.63, 3.8) is 0 Å². The molecule has 0 atom stereocenters. The Balaban J connectivity index is 1.45. The average molecular weight is 392 g/mol. The van der Waals surface area contributed by atoms with Gasteiger partial charge in [0.15, 0.2) is 0 Å². The van der Waals surface area contributed by atoms with Crippen molar-refractivity contribution in [3.05, 3.63) is 101 Å². The van der Waals surface area contributed by atoms with E-state index in [1.807, 2.05) is 18.2 Å². The maximum absolute atomic E-state index is 13.3. The van der Waals surface area contributed by atoms with Crippen molar-refractivity contribution in [1.29, 1.82) is 0 Å². The molecule has 3 aromatic carbocycles. The summed E-state index contributed by atoms with van der Waals surface area (Å²) in [6.45, 7) is 0.846. The number of carbonyl (C=O) groups is 2. The Morgan fingerprint density at radius 1 is 0.897 bits per heavy atom. The molecular formula is C23H18F2N2O2. The van der Waals surface area contributed by atoms with Gasteiger partial charge in [0.05, 0.1) is 0 Å². The first-order valence-corrected chi connectivity index (χ1v) is 9.24. The molecule has 4 nitrogen and oxygen atoms in total. The van der Waals surface area contributed by atoms with Crippen LogP contribution in [0.1, 0.15) is 31.8 Å². The molecule has 146 valence electrons. The zero-order valence-corrected chi connectivity index (χ0v) is 15.5. The number of fused-ring (bicyclic) bond motifs is 1. The van der Waals surface area contributed by atoms with Gasteiger partial charge in [-0.3, -0.25) is 9.59 Å². The first-order valence-electron chi connectivity index (χ1n) is 9.24. The monoisotopic (exact) mass is 392 g/mol. The number of hydrogen-bond donors (Lipinski definition) is 1. The van der Waals surface area contributed by atoms with Gasteiger partial charge in [0.2, 0.25) is 0 Å². The van der Waals surface area contributed by atoms with Gasteiger partial charge in [-0.1, -0.05) is 18.2 Å². The van der Waals surface area contributed by atoms with Crippen LogP contribution in [0.25, 0.3) is 0 Å². The molecule has 0 radical (unpaired) electrons. The Kier molecular flexibility index (Phi) is 5.08. The van der Waals surface area contributed by atoms with Crippen LogP contribution in [-0.2, 0) is 13.0 Å². The second kappa shape index (κ2) is 7.83. The van der Waals surface area contributed by atoms with Crippen molar-refractivity contribution in [2.75, 3.05) is 11.4 Å². The standard InChI is InChI=1S/C23H18F2N2O2/c24-19-7-5-16(6-8-19)23(29)27-11-10-17-12-15(4-9-21(17)27)14-26-22(28)18-2-1-3-20(25)13-18/h1-9,12-13H,10-11,14H2,(H,26,28). The lowest BCUT2D eigenvalue weighted by atomic mass is 10.1. The Morgan fingerprint density at radius 2 is 1.69 bits per heavy atom. The first kappa shape index (κ1) is 18.8. The molecule has 2 amide bonds. The number of hydrogen-bond acceptors (Lipinski definition) is 2. The molecule has 4 rings (SSSR count). The Bertz CT molecular complexity index is 1080. The Hall–Kier alpha value is -3.54. The fourth-order valence-electron chi connectivity index (χ4n) is 3.44. The molecule has 0 unspecified atom stereocenters. The van der Waals surface area contributed by atoms with E-state index in [1.54, 1.807) is 11.0 Å². The molecule has 1 aliphatic rings. The largest absolute Gasteiger partial charge is 0.348 e. The van der Waals surface area contributed by atoms with Gasteiger partial charge in [0, 0.05) is 29.9 Å². The van der Waals surface area contributed by atoms with Crippen LogP contribution in [0.15, 0.2) is 66.7 Å². The maximum atomic E-state index is 13.3. The maximum Gasteiger partial charge on any atom is 0.258 e. The van der Waals surface area contributed by atoms with Gasteiger partial charge in [-0.25, -0.2) is 8.78 Å². The second-order valence-electron chi connectivity index (χ2n) is 6.87. The van der Waals surface area contributed by atoms with Crippen LogP contribution in [0.4, 0.5) is 14.5 Å². The molecule has 1 N–H and O–H groups in total. The molecular weight excluding hydrogens is 374 g/mol. The summed E-state index contributed by atoms with van der Waals surface area (Å²) < 4.78 is 26.3. The van der Waals surface area contributed by atoms with E-state index in [2.05, 4.69) is 5.32 Å². The van der Waals surface area contributed by atoms with Crippen LogP contribution in [0.3, 0.4) is 0 Å². The van der Waals surface area contributed by atoms with E-state index in [1.165, 1.54) is 42.5 Å². The van der Waals surface area contributed by atoms with Crippen molar-refractivity contribution < 1.29 is 18.4 Å². The van der Waals surface area contributed by atoms with Crippen LogP contribution in [0.5, 0.6) is 0 Å². The fraction of sp³-hybridized carbons (Fsp3) is 0.130. The van der Waals surface area contributed by atoms with Crippen molar-refractivity contribution >= 4 is 17.5 Å². The number of amides is 2. The average Bonchev–Trinajstić information content (AvgIpc) is 3.15. The van der Waals surface area contributed by atoms with Crippen LogP contribution in [0.2, 0.25) is 0 Å². The van der Waals surface area contributed by atoms with Crippen LogP contribution in [-0.4, -0.2) is 18.4 Å². The van der Waals surface area contributed by atoms with E-state index >= 15 is 0 Å². The van der Waals surface area contributed by atoms with Crippen molar-refractivity contribution in [2.45, 2.75) is 13.0 Å². The minimum atomic E-state index is -0.457. The van der Waals surface area contributed by atoms with E-state index in [9.17, 15) is 18.4 Å². The second-order valence-corrected chi connectivity index (χ2v) is 6.87. The molecule has 0 fully saturated rings. The lowest BCUT2D eigenvalue weighted by Gasteiger charge is -2.18. The topological polar surface area (TPSA) is 49.4 Å². The number of rotatable bonds is 4. The Morgan fingerprint density at radius 3 is 2.45 bits per heavy atom. The minimum absolute atomic E-state index is 0.170. The lowest BCUT2D eigenvalue weighted by Crippen LogP contribution is -2.28. The molecule has 1 heterocycles. The molecule has 0 saturated heterocycles. The zero-order chi connectivity index (χ0) is 20.4. The van der Waals surface area contributed by atoms with Gasteiger partial charge in [0.25, 0.3) is 11.8 Å². The summed E-state index contributed by atoms with van der Waals surface area (Å²) in [6.07, 6.45) is 0.702. The number of carbonyl (C=O) groups excluding carboxylic acids is 2. The summed E-state index contributed by atoms with van der Waals surface area (Å²) in [7, 11) is 0. The molecule has 0 saturated carbocycles. The highest BCUT2D eigenvalue weighted by Gasteiger charge is 2.25. The quantitative estimate of drug-likeness (QED) is 0.727. The zero-order valence-electron chi connectivity index (χ0n) is 15.5. The van der Waals surface area contributed by atoms with E-state index in [0.717, 1.165) is 16.8 Å². The molecule has 1 aliphatic heterocycles. The summed E-state index contributed by atoms with van der Waals surface area (Å²) in [5, 5.41) is 2.78. The summed E-state index contributed by atoms with van der Waals surface area (Å²) in [4.78, 5) is 26.6. The third-order valence-electron chi connectivity index (χ3n) is 4.92. The molecule has 29 heavy (non-hydrogen) atoms. The van der Waals surface area contributed by atoms with E-state index in [0.29, 0.717) is 25.1 Å². The smallest absolute Gasteiger partial charge is 0.258 e. The van der Waals surface area contributed by atoms with E-state index in [4.69, 9.17) is 0 Å². The molecule has 0 spiro atoms. The summed E-state index contributed by atoms with van der Waals surface area (Å²) >= 11 is 0. The fourth-order valence-corrected chi connectivity index (χ4v) is 3.44. The van der Waals surface area contributed by atoms with Crippen LogP contribution >= 0.6 is 0 Å². The summed E-state index contributed by atoms with van der Waals surface area (Å²) in [6, 6.07) is 16.7. The van der Waals surface area contributed by atoms with Crippen LogP contribution < -0.4 is 10.2 Å². The van der Waals surface area contributed by atoms with E-state index in [-0.39, 0.29) is 23.2 Å². The van der Waals surface area contributed by atoms with Crippen molar-refractivity contribution in [2.24, 2.45) is 0 Å². The predicted molar refractivity (Wildman–Crippen MR) is 106 cm³/mol. The van der Waals surface area contributed by atoms with Gasteiger partial charge in [-0.15, -0.1) is 0 Å². The number of halogens is 2. The highest BCUT2D eigenvalue weighted by molar-refractivity contribution is 6.07. The van der Waals surface area contributed by atoms with E-state index < -0.39 is 5.82 Å². The molecule has 0 aromatic heterocycles. The van der Waals surface area contributed by atoms with Gasteiger partial charge in [0.1, 0.15) is 11.6 Å². The van der Waals surface area contributed by atoms with Crippen molar-refractivity contribution in [1.82, 2.24) is 5.32 Å². The SMILES string of the molecule is O=C(NCc1ccc2c(c1)CCN2C(=O)c1ccc(F)cc1)c1cccc(F)c1. The summed E-state index contributed by atoms with van der Waals surface area (Å²) in [5.41, 5.74) is 3.43. The van der Waals surface area contributed by atoms with Crippen LogP contribution in [0, 0.1) is 11.6 Å². The van der Waals surface area contributed by atoms with Gasteiger partial charge >= 0.3 is 0 Å².